The van der Waals surface area contributed by atoms with Gasteiger partial charge in [0.25, 0.3) is 0 Å². The van der Waals surface area contributed by atoms with E-state index >= 15 is 0 Å². The highest BCUT2D eigenvalue weighted by Crippen LogP contribution is 2.19. The number of rotatable bonds is 11. The van der Waals surface area contributed by atoms with Crippen molar-refractivity contribution in [1.82, 2.24) is 4.98 Å². The number of nitrogens with zero attached hydrogens (tertiary/aromatic N) is 2. The van der Waals surface area contributed by atoms with E-state index in [0.29, 0.717) is 19.8 Å². The van der Waals surface area contributed by atoms with Crippen molar-refractivity contribution in [2.75, 3.05) is 18.6 Å². The van der Waals surface area contributed by atoms with Crippen LogP contribution < -0.4 is 19.6 Å². The summed E-state index contributed by atoms with van der Waals surface area (Å²) in [5.74, 6) is 2.37. The van der Waals surface area contributed by atoms with Gasteiger partial charge in [-0.1, -0.05) is 30.3 Å². The Bertz CT molecular complexity index is 1140. The summed E-state index contributed by atoms with van der Waals surface area (Å²) in [6, 6.07) is 25.4. The van der Waals surface area contributed by atoms with E-state index in [-0.39, 0.29) is 0 Å². The van der Waals surface area contributed by atoms with Crippen LogP contribution in [0.5, 0.6) is 17.2 Å². The van der Waals surface area contributed by atoms with E-state index in [1.807, 2.05) is 91.2 Å². The maximum atomic E-state index is 5.79. The molecular formula is C26H25N3O3S. The maximum absolute atomic E-state index is 5.79. The first kappa shape index (κ1) is 22.4. The summed E-state index contributed by atoms with van der Waals surface area (Å²) in [6.45, 7) is 3.39. The highest BCUT2D eigenvalue weighted by molar-refractivity contribution is 7.13. The number of hydrogen-bond donors (Lipinski definition) is 1. The third-order valence-electron chi connectivity index (χ3n) is 4.57. The molecule has 0 amide bonds. The number of thiazole rings is 1. The van der Waals surface area contributed by atoms with Gasteiger partial charge < -0.3 is 14.2 Å². The molecule has 1 aromatic heterocycles. The van der Waals surface area contributed by atoms with Gasteiger partial charge in [0, 0.05) is 5.38 Å². The Labute approximate surface area is 197 Å². The maximum Gasteiger partial charge on any atom is 0.203 e. The van der Waals surface area contributed by atoms with E-state index in [0.717, 1.165) is 39.2 Å². The van der Waals surface area contributed by atoms with Gasteiger partial charge >= 0.3 is 0 Å². The fourth-order valence-corrected chi connectivity index (χ4v) is 3.55. The van der Waals surface area contributed by atoms with Gasteiger partial charge in [-0.15, -0.1) is 11.3 Å². The number of aryl methyl sites for hydroxylation is 1. The van der Waals surface area contributed by atoms with Crippen molar-refractivity contribution in [2.24, 2.45) is 5.10 Å². The minimum atomic E-state index is 0.449. The molecular weight excluding hydrogens is 434 g/mol. The average molecular weight is 460 g/mol. The lowest BCUT2D eigenvalue weighted by molar-refractivity contribution is 0.217. The number of aromatic nitrogens is 1. The van der Waals surface area contributed by atoms with Crippen LogP contribution in [0.2, 0.25) is 0 Å². The zero-order valence-corrected chi connectivity index (χ0v) is 19.1. The molecule has 0 aliphatic heterocycles. The summed E-state index contributed by atoms with van der Waals surface area (Å²) in [5, 5.41) is 6.95. The summed E-state index contributed by atoms with van der Waals surface area (Å²) in [5.41, 5.74) is 6.01. The van der Waals surface area contributed by atoms with Crippen molar-refractivity contribution in [3.8, 4) is 17.2 Å². The molecule has 0 fully saturated rings. The topological polar surface area (TPSA) is 65.0 Å². The molecule has 0 aliphatic rings. The lowest BCUT2D eigenvalue weighted by atomic mass is 10.2. The van der Waals surface area contributed by atoms with Crippen LogP contribution in [-0.4, -0.2) is 24.4 Å². The van der Waals surface area contributed by atoms with E-state index in [9.17, 15) is 0 Å². The molecule has 6 nitrogen and oxygen atoms in total. The van der Waals surface area contributed by atoms with Crippen LogP contribution in [0.25, 0.3) is 0 Å². The standard InChI is InChI=1S/C26H25N3O3S/c1-20-19-33-26(28-20)29-27-17-21-7-9-23(10-8-21)30-15-16-31-24-11-13-25(14-12-24)32-18-22-5-3-2-4-6-22/h2-14,17,19H,15-16,18H2,1H3,(H,28,29). The molecule has 33 heavy (non-hydrogen) atoms. The van der Waals surface area contributed by atoms with Crippen molar-refractivity contribution < 1.29 is 14.2 Å². The lowest BCUT2D eigenvalue weighted by Crippen LogP contribution is -2.09. The van der Waals surface area contributed by atoms with Gasteiger partial charge in [-0.2, -0.15) is 5.10 Å². The Morgan fingerprint density at radius 2 is 1.42 bits per heavy atom. The quantitative estimate of drug-likeness (QED) is 0.171. The molecule has 0 radical (unpaired) electrons. The van der Waals surface area contributed by atoms with E-state index in [1.165, 1.54) is 11.3 Å². The normalized spacial score (nSPS) is 10.8. The largest absolute Gasteiger partial charge is 0.490 e. The Balaban J connectivity index is 1.14. The third-order valence-corrected chi connectivity index (χ3v) is 5.43. The number of anilines is 1. The van der Waals surface area contributed by atoms with Gasteiger partial charge in [0.05, 0.1) is 11.9 Å². The summed E-state index contributed by atoms with van der Waals surface area (Å²) in [7, 11) is 0. The summed E-state index contributed by atoms with van der Waals surface area (Å²) in [4.78, 5) is 4.30. The Hall–Kier alpha value is -3.84. The molecule has 0 bridgehead atoms. The van der Waals surface area contributed by atoms with Crippen LogP contribution in [0.15, 0.2) is 89.3 Å². The van der Waals surface area contributed by atoms with Gasteiger partial charge in [-0.25, -0.2) is 4.98 Å². The SMILES string of the molecule is Cc1csc(NN=Cc2ccc(OCCOc3ccc(OCc4ccccc4)cc3)cc2)n1. The van der Waals surface area contributed by atoms with Gasteiger partial charge in [0.15, 0.2) is 0 Å². The minimum absolute atomic E-state index is 0.449. The molecule has 0 unspecified atom stereocenters. The van der Waals surface area contributed by atoms with E-state index < -0.39 is 0 Å². The molecule has 3 aromatic carbocycles. The average Bonchev–Trinajstić information content (AvgIpc) is 3.27. The van der Waals surface area contributed by atoms with Gasteiger partial charge in [0.1, 0.15) is 37.1 Å². The first-order valence-electron chi connectivity index (χ1n) is 10.6. The summed E-state index contributed by atoms with van der Waals surface area (Å²) >= 11 is 1.52. The lowest BCUT2D eigenvalue weighted by Gasteiger charge is -2.10. The van der Waals surface area contributed by atoms with Crippen LogP contribution in [-0.2, 0) is 6.61 Å². The second kappa shape index (κ2) is 11.7. The molecule has 1 heterocycles. The first-order chi connectivity index (χ1) is 16.2. The molecule has 0 atom stereocenters. The fourth-order valence-electron chi connectivity index (χ4n) is 2.91. The number of hydrazone groups is 1. The van der Waals surface area contributed by atoms with Gasteiger partial charge in [-0.3, -0.25) is 5.43 Å². The highest BCUT2D eigenvalue weighted by Gasteiger charge is 2.00. The zero-order valence-electron chi connectivity index (χ0n) is 18.3. The molecule has 0 aliphatic carbocycles. The molecule has 4 rings (SSSR count). The Morgan fingerprint density at radius 1 is 0.818 bits per heavy atom. The minimum Gasteiger partial charge on any atom is -0.490 e. The monoisotopic (exact) mass is 459 g/mol. The highest BCUT2D eigenvalue weighted by atomic mass is 32.1. The van der Waals surface area contributed by atoms with Crippen molar-refractivity contribution in [2.45, 2.75) is 13.5 Å². The Kier molecular flexibility index (Phi) is 7.92. The van der Waals surface area contributed by atoms with Crippen molar-refractivity contribution in [3.63, 3.8) is 0 Å². The molecule has 0 spiro atoms. The summed E-state index contributed by atoms with van der Waals surface area (Å²) in [6.07, 6.45) is 1.75. The smallest absolute Gasteiger partial charge is 0.203 e. The van der Waals surface area contributed by atoms with Crippen LogP contribution in [0, 0.1) is 6.92 Å². The van der Waals surface area contributed by atoms with Crippen LogP contribution in [0.4, 0.5) is 5.13 Å². The number of ether oxygens (including phenoxy) is 3. The number of hydrogen-bond acceptors (Lipinski definition) is 7. The van der Waals surface area contributed by atoms with E-state index in [1.54, 1.807) is 6.21 Å². The fraction of sp³-hybridized carbons (Fsp3) is 0.154. The third kappa shape index (κ3) is 7.36. The molecule has 4 aromatic rings. The van der Waals surface area contributed by atoms with Gasteiger partial charge in [0.2, 0.25) is 5.13 Å². The van der Waals surface area contributed by atoms with Crippen molar-refractivity contribution in [1.29, 1.82) is 0 Å². The van der Waals surface area contributed by atoms with E-state index in [4.69, 9.17) is 14.2 Å². The van der Waals surface area contributed by atoms with Crippen LogP contribution in [0.1, 0.15) is 16.8 Å². The van der Waals surface area contributed by atoms with Gasteiger partial charge in [-0.05, 0) is 66.6 Å². The van der Waals surface area contributed by atoms with Crippen molar-refractivity contribution >= 4 is 22.7 Å². The predicted molar refractivity (Wildman–Crippen MR) is 133 cm³/mol. The van der Waals surface area contributed by atoms with Crippen LogP contribution >= 0.6 is 11.3 Å². The molecule has 0 saturated heterocycles. The molecule has 1 N–H and O–H groups in total. The molecule has 7 heteroatoms. The second-order valence-corrected chi connectivity index (χ2v) is 8.03. The number of benzene rings is 3. The number of nitrogens with one attached hydrogen (secondary N) is 1. The van der Waals surface area contributed by atoms with Crippen molar-refractivity contribution in [3.05, 3.63) is 101 Å². The van der Waals surface area contributed by atoms with E-state index in [2.05, 4.69) is 15.5 Å². The summed E-state index contributed by atoms with van der Waals surface area (Å²) < 4.78 is 17.3. The van der Waals surface area contributed by atoms with Crippen LogP contribution in [0.3, 0.4) is 0 Å². The molecule has 0 saturated carbocycles. The second-order valence-electron chi connectivity index (χ2n) is 7.18. The first-order valence-corrected chi connectivity index (χ1v) is 11.5. The molecule has 168 valence electrons. The Morgan fingerprint density at radius 3 is 2.03 bits per heavy atom. The predicted octanol–water partition coefficient (Wildman–Crippen LogP) is 5.93. The zero-order chi connectivity index (χ0) is 22.7.